The number of unbranched alkanes of at least 4 members (excludes halogenated alkanes) is 1. The molecule has 17 heavy (non-hydrogen) atoms. The lowest BCUT2D eigenvalue weighted by molar-refractivity contribution is -0.136. The molecule has 0 bridgehead atoms. The molecule has 2 unspecified atom stereocenters. The third kappa shape index (κ3) is 5.04. The van der Waals surface area contributed by atoms with Crippen LogP contribution in [0.15, 0.2) is 0 Å². The molecule has 1 fully saturated rings. The molecule has 0 aromatic heterocycles. The summed E-state index contributed by atoms with van der Waals surface area (Å²) in [5, 5.41) is 3.28. The van der Waals surface area contributed by atoms with Gasteiger partial charge in [0.25, 0.3) is 0 Å². The molecule has 1 aliphatic heterocycles. The van der Waals surface area contributed by atoms with E-state index in [0.29, 0.717) is 6.54 Å². The van der Waals surface area contributed by atoms with Crippen molar-refractivity contribution in [1.82, 2.24) is 10.2 Å². The lowest BCUT2D eigenvalue weighted by Crippen LogP contribution is -2.46. The van der Waals surface area contributed by atoms with Crippen LogP contribution in [0.25, 0.3) is 0 Å². The van der Waals surface area contributed by atoms with Crippen LogP contribution in [-0.4, -0.2) is 50.2 Å². The van der Waals surface area contributed by atoms with E-state index in [-0.39, 0.29) is 17.9 Å². The predicted molar refractivity (Wildman–Crippen MR) is 68.9 cm³/mol. The number of nitrogens with one attached hydrogen (secondary N) is 1. The summed E-state index contributed by atoms with van der Waals surface area (Å²) < 4.78 is 5.60. The molecule has 1 heterocycles. The summed E-state index contributed by atoms with van der Waals surface area (Å²) >= 11 is 0. The van der Waals surface area contributed by atoms with Crippen molar-refractivity contribution in [3.8, 4) is 0 Å². The Morgan fingerprint density at radius 2 is 2.35 bits per heavy atom. The average Bonchev–Trinajstić information content (AvgIpc) is 2.36. The van der Waals surface area contributed by atoms with E-state index in [0.717, 1.165) is 39.0 Å². The fourth-order valence-corrected chi connectivity index (χ4v) is 2.14. The zero-order chi connectivity index (χ0) is 12.7. The Hall–Kier alpha value is -0.610. The lowest BCUT2D eigenvalue weighted by atomic mass is 10.0. The second-order valence-electron chi connectivity index (χ2n) is 4.96. The van der Waals surface area contributed by atoms with E-state index >= 15 is 0 Å². The highest BCUT2D eigenvalue weighted by atomic mass is 16.5. The summed E-state index contributed by atoms with van der Waals surface area (Å²) in [7, 11) is 1.88. The maximum absolute atomic E-state index is 12.1. The molecule has 1 aliphatic rings. The van der Waals surface area contributed by atoms with Crippen LogP contribution in [0.5, 0.6) is 0 Å². The smallest absolute Gasteiger partial charge is 0.225 e. The van der Waals surface area contributed by atoms with Crippen LogP contribution in [-0.2, 0) is 9.53 Å². The Kier molecular flexibility index (Phi) is 6.52. The molecular weight excluding hydrogens is 216 g/mol. The highest BCUT2D eigenvalue weighted by molar-refractivity contribution is 5.78. The van der Waals surface area contributed by atoms with E-state index in [1.807, 2.05) is 18.9 Å². The largest absolute Gasteiger partial charge is 0.374 e. The number of hydrogen-bond acceptors (Lipinski definition) is 3. The molecule has 0 radical (unpaired) electrons. The van der Waals surface area contributed by atoms with Crippen molar-refractivity contribution in [2.45, 2.75) is 39.2 Å². The summed E-state index contributed by atoms with van der Waals surface area (Å²) in [6.45, 7) is 7.39. The van der Waals surface area contributed by atoms with E-state index in [2.05, 4.69) is 12.2 Å². The zero-order valence-electron chi connectivity index (χ0n) is 11.4. The molecule has 0 aromatic rings. The van der Waals surface area contributed by atoms with Crippen LogP contribution in [0.2, 0.25) is 0 Å². The highest BCUT2D eigenvalue weighted by Gasteiger charge is 2.21. The molecule has 1 amide bonds. The van der Waals surface area contributed by atoms with Crippen LogP contribution >= 0.6 is 0 Å². The molecule has 1 N–H and O–H groups in total. The minimum Gasteiger partial charge on any atom is -0.374 e. The van der Waals surface area contributed by atoms with Crippen molar-refractivity contribution in [1.29, 1.82) is 0 Å². The molecule has 4 heteroatoms. The summed E-state index contributed by atoms with van der Waals surface area (Å²) in [4.78, 5) is 13.9. The first-order chi connectivity index (χ1) is 8.15. The second kappa shape index (κ2) is 7.67. The quantitative estimate of drug-likeness (QED) is 0.762. The van der Waals surface area contributed by atoms with Gasteiger partial charge in [-0.15, -0.1) is 0 Å². The Morgan fingerprint density at radius 1 is 1.59 bits per heavy atom. The van der Waals surface area contributed by atoms with Crippen molar-refractivity contribution in [3.63, 3.8) is 0 Å². The SMILES string of the molecule is CCCCC(C)C(=O)N(C)CC1CNCCO1. The lowest BCUT2D eigenvalue weighted by Gasteiger charge is -2.29. The number of carbonyl (C=O) groups is 1. The highest BCUT2D eigenvalue weighted by Crippen LogP contribution is 2.11. The van der Waals surface area contributed by atoms with Gasteiger partial charge in [0.15, 0.2) is 0 Å². The van der Waals surface area contributed by atoms with Gasteiger partial charge < -0.3 is 15.0 Å². The van der Waals surface area contributed by atoms with Gasteiger partial charge in [0.2, 0.25) is 5.91 Å². The maximum Gasteiger partial charge on any atom is 0.225 e. The molecular formula is C13H26N2O2. The Balaban J connectivity index is 2.29. The van der Waals surface area contributed by atoms with Gasteiger partial charge in [-0.25, -0.2) is 0 Å². The van der Waals surface area contributed by atoms with Crippen molar-refractivity contribution >= 4 is 5.91 Å². The Labute approximate surface area is 105 Å². The third-order valence-electron chi connectivity index (χ3n) is 3.27. The monoisotopic (exact) mass is 242 g/mol. The van der Waals surface area contributed by atoms with Crippen molar-refractivity contribution in [2.24, 2.45) is 5.92 Å². The van der Waals surface area contributed by atoms with Gasteiger partial charge in [0.05, 0.1) is 12.7 Å². The minimum absolute atomic E-state index is 0.136. The number of hydrogen-bond donors (Lipinski definition) is 1. The maximum atomic E-state index is 12.1. The van der Waals surface area contributed by atoms with E-state index in [1.54, 1.807) is 0 Å². The average molecular weight is 242 g/mol. The van der Waals surface area contributed by atoms with Crippen molar-refractivity contribution in [2.75, 3.05) is 33.3 Å². The van der Waals surface area contributed by atoms with Crippen LogP contribution < -0.4 is 5.32 Å². The number of carbonyl (C=O) groups excluding carboxylic acids is 1. The molecule has 2 atom stereocenters. The van der Waals surface area contributed by atoms with Gasteiger partial charge in [-0.1, -0.05) is 26.7 Å². The molecule has 0 spiro atoms. The molecule has 1 rings (SSSR count). The summed E-state index contributed by atoms with van der Waals surface area (Å²) in [6.07, 6.45) is 3.42. The van der Waals surface area contributed by atoms with E-state index < -0.39 is 0 Å². The molecule has 0 saturated carbocycles. The fraction of sp³-hybridized carbons (Fsp3) is 0.923. The molecule has 0 aromatic carbocycles. The minimum atomic E-state index is 0.136. The number of morpholine rings is 1. The standard InChI is InChI=1S/C13H26N2O2/c1-4-5-6-11(2)13(16)15(3)10-12-9-14-7-8-17-12/h11-12,14H,4-10H2,1-3H3. The number of ether oxygens (including phenoxy) is 1. The topological polar surface area (TPSA) is 41.6 Å². The van der Waals surface area contributed by atoms with E-state index in [9.17, 15) is 4.79 Å². The Morgan fingerprint density at radius 3 is 2.94 bits per heavy atom. The van der Waals surface area contributed by atoms with E-state index in [4.69, 9.17) is 4.74 Å². The van der Waals surface area contributed by atoms with Gasteiger partial charge in [-0.3, -0.25) is 4.79 Å². The molecule has 100 valence electrons. The van der Waals surface area contributed by atoms with Crippen LogP contribution in [0.3, 0.4) is 0 Å². The van der Waals surface area contributed by atoms with Crippen molar-refractivity contribution < 1.29 is 9.53 Å². The van der Waals surface area contributed by atoms with Gasteiger partial charge in [0.1, 0.15) is 0 Å². The van der Waals surface area contributed by atoms with Crippen LogP contribution in [0.1, 0.15) is 33.1 Å². The van der Waals surface area contributed by atoms with Gasteiger partial charge in [-0.05, 0) is 6.42 Å². The number of amides is 1. The number of likely N-dealkylation sites (N-methyl/N-ethyl adjacent to an activating group) is 1. The van der Waals surface area contributed by atoms with Crippen LogP contribution in [0.4, 0.5) is 0 Å². The third-order valence-corrected chi connectivity index (χ3v) is 3.27. The van der Waals surface area contributed by atoms with Crippen molar-refractivity contribution in [3.05, 3.63) is 0 Å². The first-order valence-electron chi connectivity index (χ1n) is 6.72. The number of nitrogens with zero attached hydrogens (tertiary/aromatic N) is 1. The second-order valence-corrected chi connectivity index (χ2v) is 4.96. The van der Waals surface area contributed by atoms with Gasteiger partial charge in [-0.2, -0.15) is 0 Å². The van der Waals surface area contributed by atoms with Gasteiger partial charge >= 0.3 is 0 Å². The molecule has 0 aliphatic carbocycles. The first kappa shape index (κ1) is 14.5. The summed E-state index contributed by atoms with van der Waals surface area (Å²) in [5.41, 5.74) is 0. The predicted octanol–water partition coefficient (Wildman–Crippen LogP) is 1.26. The summed E-state index contributed by atoms with van der Waals surface area (Å²) in [5.74, 6) is 0.379. The number of rotatable bonds is 6. The van der Waals surface area contributed by atoms with Crippen LogP contribution in [0, 0.1) is 5.92 Å². The zero-order valence-corrected chi connectivity index (χ0v) is 11.4. The Bertz CT molecular complexity index is 227. The van der Waals surface area contributed by atoms with E-state index in [1.165, 1.54) is 0 Å². The molecule has 4 nitrogen and oxygen atoms in total. The first-order valence-corrected chi connectivity index (χ1v) is 6.72. The fourth-order valence-electron chi connectivity index (χ4n) is 2.14. The molecule has 1 saturated heterocycles. The normalized spacial score (nSPS) is 22.2. The summed E-state index contributed by atoms with van der Waals surface area (Å²) in [6, 6.07) is 0. The van der Waals surface area contributed by atoms with Gasteiger partial charge in [0, 0.05) is 32.6 Å².